The van der Waals surface area contributed by atoms with Crippen molar-refractivity contribution in [2.45, 2.75) is 6.92 Å². The standard InChI is InChI=1S/C17H14O5/c1-11(2)17(20)22-21-13-8-9-14(15(18)10-13)16(19)12-6-4-3-5-7-12/h3-10,18H,1H2,2H3. The van der Waals surface area contributed by atoms with Crippen molar-refractivity contribution in [2.24, 2.45) is 0 Å². The quantitative estimate of drug-likeness (QED) is 0.397. The monoisotopic (exact) mass is 298 g/mol. The second-order valence-corrected chi connectivity index (χ2v) is 4.61. The van der Waals surface area contributed by atoms with Crippen LogP contribution in [0.3, 0.4) is 0 Å². The molecular weight excluding hydrogens is 284 g/mol. The van der Waals surface area contributed by atoms with Gasteiger partial charge in [0.15, 0.2) is 11.5 Å². The van der Waals surface area contributed by atoms with Gasteiger partial charge in [-0.1, -0.05) is 36.9 Å². The van der Waals surface area contributed by atoms with Crippen molar-refractivity contribution in [1.29, 1.82) is 0 Å². The minimum Gasteiger partial charge on any atom is -0.507 e. The Morgan fingerprint density at radius 1 is 1.09 bits per heavy atom. The summed E-state index contributed by atoms with van der Waals surface area (Å²) in [6, 6.07) is 12.6. The number of aromatic hydroxyl groups is 1. The van der Waals surface area contributed by atoms with E-state index in [0.29, 0.717) is 5.56 Å². The molecule has 2 aromatic rings. The first-order chi connectivity index (χ1) is 10.5. The van der Waals surface area contributed by atoms with E-state index >= 15 is 0 Å². The molecule has 0 bridgehead atoms. The fourth-order valence-corrected chi connectivity index (χ4v) is 1.66. The molecular formula is C17H14O5. The number of phenolic OH excluding ortho intramolecular Hbond substituents is 1. The summed E-state index contributed by atoms with van der Waals surface area (Å²) >= 11 is 0. The van der Waals surface area contributed by atoms with E-state index < -0.39 is 5.97 Å². The normalized spacial score (nSPS) is 9.86. The van der Waals surface area contributed by atoms with Crippen LogP contribution in [0.5, 0.6) is 11.5 Å². The molecule has 0 heterocycles. The highest BCUT2D eigenvalue weighted by Gasteiger charge is 2.15. The molecule has 0 fully saturated rings. The second-order valence-electron chi connectivity index (χ2n) is 4.61. The largest absolute Gasteiger partial charge is 0.507 e. The maximum absolute atomic E-state index is 12.2. The van der Waals surface area contributed by atoms with Gasteiger partial charge in [0.05, 0.1) is 5.56 Å². The number of hydrogen-bond acceptors (Lipinski definition) is 5. The summed E-state index contributed by atoms with van der Waals surface area (Å²) in [6.07, 6.45) is 0. The fourth-order valence-electron chi connectivity index (χ4n) is 1.66. The Bertz CT molecular complexity index is 719. The zero-order chi connectivity index (χ0) is 16.1. The van der Waals surface area contributed by atoms with Crippen LogP contribution in [-0.4, -0.2) is 16.9 Å². The number of benzene rings is 2. The second kappa shape index (κ2) is 6.58. The Balaban J connectivity index is 2.15. The predicted octanol–water partition coefficient (Wildman–Crippen LogP) is 3.04. The molecule has 5 nitrogen and oxygen atoms in total. The molecule has 2 aromatic carbocycles. The summed E-state index contributed by atoms with van der Waals surface area (Å²) in [7, 11) is 0. The van der Waals surface area contributed by atoms with Crippen LogP contribution in [0.4, 0.5) is 0 Å². The van der Waals surface area contributed by atoms with Crippen LogP contribution in [0.1, 0.15) is 22.8 Å². The Kier molecular flexibility index (Phi) is 4.58. The first-order valence-electron chi connectivity index (χ1n) is 6.46. The molecule has 0 aliphatic rings. The highest BCUT2D eigenvalue weighted by Crippen LogP contribution is 2.26. The number of carbonyl (C=O) groups is 2. The topological polar surface area (TPSA) is 72.8 Å². The molecule has 1 N–H and O–H groups in total. The van der Waals surface area contributed by atoms with Crippen LogP contribution in [0.15, 0.2) is 60.7 Å². The van der Waals surface area contributed by atoms with Gasteiger partial charge in [-0.05, 0) is 19.1 Å². The Hall–Kier alpha value is -3.08. The van der Waals surface area contributed by atoms with E-state index in [4.69, 9.17) is 4.89 Å². The molecule has 0 amide bonds. The summed E-state index contributed by atoms with van der Waals surface area (Å²) in [5, 5.41) is 9.94. The number of ketones is 1. The average Bonchev–Trinajstić information content (AvgIpc) is 2.52. The van der Waals surface area contributed by atoms with Crippen molar-refractivity contribution in [2.75, 3.05) is 0 Å². The van der Waals surface area contributed by atoms with Crippen molar-refractivity contribution in [3.63, 3.8) is 0 Å². The van der Waals surface area contributed by atoms with Gasteiger partial charge in [-0.25, -0.2) is 9.68 Å². The van der Waals surface area contributed by atoms with E-state index in [1.807, 2.05) is 0 Å². The van der Waals surface area contributed by atoms with E-state index in [9.17, 15) is 14.7 Å². The lowest BCUT2D eigenvalue weighted by Gasteiger charge is -2.07. The number of rotatable bonds is 5. The Labute approximate surface area is 127 Å². The summed E-state index contributed by atoms with van der Waals surface area (Å²) in [5.74, 6) is -1.21. The zero-order valence-electron chi connectivity index (χ0n) is 11.9. The van der Waals surface area contributed by atoms with E-state index in [0.717, 1.165) is 0 Å². The third-order valence-corrected chi connectivity index (χ3v) is 2.81. The first-order valence-corrected chi connectivity index (χ1v) is 6.46. The lowest BCUT2D eigenvalue weighted by atomic mass is 10.0. The van der Waals surface area contributed by atoms with Crippen LogP contribution in [0, 0.1) is 0 Å². The summed E-state index contributed by atoms with van der Waals surface area (Å²) in [5.41, 5.74) is 0.769. The molecule has 0 unspecified atom stereocenters. The van der Waals surface area contributed by atoms with Gasteiger partial charge < -0.3 is 5.11 Å². The molecule has 22 heavy (non-hydrogen) atoms. The number of carbonyl (C=O) groups excluding carboxylic acids is 2. The molecule has 0 radical (unpaired) electrons. The minimum absolute atomic E-state index is 0.0942. The van der Waals surface area contributed by atoms with Crippen molar-refractivity contribution >= 4 is 11.8 Å². The molecule has 5 heteroatoms. The first kappa shape index (κ1) is 15.3. The number of hydrogen-bond donors (Lipinski definition) is 1. The van der Waals surface area contributed by atoms with Crippen LogP contribution in [-0.2, 0) is 9.68 Å². The summed E-state index contributed by atoms with van der Waals surface area (Å²) in [6.45, 7) is 4.88. The molecule has 0 aliphatic carbocycles. The van der Waals surface area contributed by atoms with Crippen molar-refractivity contribution in [1.82, 2.24) is 0 Å². The zero-order valence-corrected chi connectivity index (χ0v) is 11.9. The van der Waals surface area contributed by atoms with Gasteiger partial charge in [-0.15, -0.1) is 0 Å². The maximum Gasteiger partial charge on any atom is 0.381 e. The molecule has 0 aliphatic heterocycles. The van der Waals surface area contributed by atoms with Crippen LogP contribution < -0.4 is 4.89 Å². The van der Waals surface area contributed by atoms with Gasteiger partial charge in [0.25, 0.3) is 0 Å². The highest BCUT2D eigenvalue weighted by atomic mass is 17.2. The van der Waals surface area contributed by atoms with Crippen molar-refractivity contribution in [3.05, 3.63) is 71.8 Å². The van der Waals surface area contributed by atoms with Crippen LogP contribution in [0.2, 0.25) is 0 Å². The summed E-state index contributed by atoms with van der Waals surface area (Å²) < 4.78 is 0. The SMILES string of the molecule is C=C(C)C(=O)OOc1ccc(C(=O)c2ccccc2)c(O)c1. The van der Waals surface area contributed by atoms with Crippen LogP contribution >= 0.6 is 0 Å². The lowest BCUT2D eigenvalue weighted by Crippen LogP contribution is -2.08. The fraction of sp³-hybridized carbons (Fsp3) is 0.0588. The van der Waals surface area contributed by atoms with Gasteiger partial charge in [0.2, 0.25) is 0 Å². The number of phenols is 1. The molecule has 0 saturated heterocycles. The van der Waals surface area contributed by atoms with Crippen molar-refractivity contribution < 1.29 is 24.5 Å². The van der Waals surface area contributed by atoms with Gasteiger partial charge in [-0.2, -0.15) is 0 Å². The molecule has 2 rings (SSSR count). The molecule has 0 saturated carbocycles. The molecule has 112 valence electrons. The van der Waals surface area contributed by atoms with Gasteiger partial charge >= 0.3 is 5.97 Å². The predicted molar refractivity (Wildman–Crippen MR) is 79.5 cm³/mol. The molecule has 0 atom stereocenters. The van der Waals surface area contributed by atoms with E-state index in [1.165, 1.54) is 25.1 Å². The highest BCUT2D eigenvalue weighted by molar-refractivity contribution is 6.10. The van der Waals surface area contributed by atoms with E-state index in [2.05, 4.69) is 11.5 Å². The third-order valence-electron chi connectivity index (χ3n) is 2.81. The minimum atomic E-state index is -0.719. The van der Waals surface area contributed by atoms with Gasteiger partial charge in [-0.3, -0.25) is 9.68 Å². The van der Waals surface area contributed by atoms with Crippen LogP contribution in [0.25, 0.3) is 0 Å². The van der Waals surface area contributed by atoms with Gasteiger partial charge in [0, 0.05) is 17.2 Å². The summed E-state index contributed by atoms with van der Waals surface area (Å²) in [4.78, 5) is 32.7. The lowest BCUT2D eigenvalue weighted by molar-refractivity contribution is -0.208. The van der Waals surface area contributed by atoms with Gasteiger partial charge in [0.1, 0.15) is 5.75 Å². The van der Waals surface area contributed by atoms with E-state index in [-0.39, 0.29) is 28.4 Å². The van der Waals surface area contributed by atoms with E-state index in [1.54, 1.807) is 30.3 Å². The molecule has 0 spiro atoms. The third kappa shape index (κ3) is 3.52. The average molecular weight is 298 g/mol. The Morgan fingerprint density at radius 3 is 2.36 bits per heavy atom. The maximum atomic E-state index is 12.2. The van der Waals surface area contributed by atoms with Crippen molar-refractivity contribution in [3.8, 4) is 11.5 Å². The molecule has 0 aromatic heterocycles. The smallest absolute Gasteiger partial charge is 0.381 e. The Morgan fingerprint density at radius 2 is 1.77 bits per heavy atom.